The van der Waals surface area contributed by atoms with Crippen LogP contribution in [-0.4, -0.2) is 18.0 Å². The first-order chi connectivity index (χ1) is 12.3. The molecule has 1 aromatic heterocycles. The van der Waals surface area contributed by atoms with Crippen molar-refractivity contribution >= 4 is 23.4 Å². The van der Waals surface area contributed by atoms with Crippen LogP contribution in [0.4, 0.5) is 5.69 Å². The minimum atomic E-state index is -0.249. The Kier molecular flexibility index (Phi) is 5.69. The normalized spacial score (nSPS) is 10.3. The molecule has 4 nitrogen and oxygen atoms in total. The van der Waals surface area contributed by atoms with E-state index in [4.69, 9.17) is 4.74 Å². The van der Waals surface area contributed by atoms with Gasteiger partial charge in [-0.15, -0.1) is 11.8 Å². The topological polar surface area (TPSA) is 51.2 Å². The van der Waals surface area contributed by atoms with Gasteiger partial charge < -0.3 is 10.1 Å². The number of benzene rings is 2. The second-order valence-electron chi connectivity index (χ2n) is 5.29. The fraction of sp³-hybridized carbons (Fsp3) is 0.100. The molecular formula is C20H18N2O2S. The van der Waals surface area contributed by atoms with Gasteiger partial charge in [0.2, 0.25) is 0 Å². The highest BCUT2D eigenvalue weighted by atomic mass is 32.2. The molecule has 1 amide bonds. The van der Waals surface area contributed by atoms with Gasteiger partial charge in [0.15, 0.2) is 0 Å². The van der Waals surface area contributed by atoms with Gasteiger partial charge in [0.1, 0.15) is 11.4 Å². The molecule has 0 aliphatic heterocycles. The molecule has 3 rings (SSSR count). The number of aromatic nitrogens is 1. The SMILES string of the molecule is COc1ccnc(C(=O)Nc2ccccc2)c1SCc1ccccc1. The summed E-state index contributed by atoms with van der Waals surface area (Å²) in [6.07, 6.45) is 1.59. The number of thioether (sulfide) groups is 1. The van der Waals surface area contributed by atoms with Gasteiger partial charge in [-0.1, -0.05) is 48.5 Å². The molecular weight excluding hydrogens is 332 g/mol. The van der Waals surface area contributed by atoms with Crippen molar-refractivity contribution in [2.45, 2.75) is 10.6 Å². The van der Waals surface area contributed by atoms with Crippen LogP contribution in [0.15, 0.2) is 77.8 Å². The highest BCUT2D eigenvalue weighted by Crippen LogP contribution is 2.34. The van der Waals surface area contributed by atoms with Gasteiger partial charge in [0, 0.05) is 17.6 Å². The van der Waals surface area contributed by atoms with Gasteiger partial charge in [0.25, 0.3) is 5.91 Å². The molecule has 1 N–H and O–H groups in total. The number of rotatable bonds is 6. The van der Waals surface area contributed by atoms with E-state index in [0.29, 0.717) is 11.4 Å². The minimum absolute atomic E-state index is 0.249. The van der Waals surface area contributed by atoms with E-state index < -0.39 is 0 Å². The maximum atomic E-state index is 12.7. The van der Waals surface area contributed by atoms with Gasteiger partial charge in [-0.3, -0.25) is 4.79 Å². The second kappa shape index (κ2) is 8.35. The summed E-state index contributed by atoms with van der Waals surface area (Å²) in [6, 6.07) is 21.2. The Morgan fingerprint density at radius 3 is 2.40 bits per heavy atom. The molecule has 0 unspecified atom stereocenters. The molecule has 25 heavy (non-hydrogen) atoms. The Bertz CT molecular complexity index is 839. The summed E-state index contributed by atoms with van der Waals surface area (Å²) in [5.74, 6) is 1.13. The first-order valence-electron chi connectivity index (χ1n) is 7.84. The van der Waals surface area contributed by atoms with Crippen molar-refractivity contribution in [1.29, 1.82) is 0 Å². The molecule has 2 aromatic carbocycles. The molecule has 1 heterocycles. The summed E-state index contributed by atoms with van der Waals surface area (Å²) in [5.41, 5.74) is 2.27. The molecule has 0 bridgehead atoms. The van der Waals surface area contributed by atoms with Crippen molar-refractivity contribution in [2.24, 2.45) is 0 Å². The van der Waals surface area contributed by atoms with Crippen molar-refractivity contribution < 1.29 is 9.53 Å². The van der Waals surface area contributed by atoms with Crippen molar-refractivity contribution in [3.63, 3.8) is 0 Å². The van der Waals surface area contributed by atoms with Gasteiger partial charge in [0.05, 0.1) is 12.0 Å². The van der Waals surface area contributed by atoms with Gasteiger partial charge in [-0.2, -0.15) is 0 Å². The molecule has 0 aliphatic carbocycles. The lowest BCUT2D eigenvalue weighted by molar-refractivity contribution is 0.101. The first kappa shape index (κ1) is 17.0. The third kappa shape index (κ3) is 4.39. The number of nitrogens with zero attached hydrogens (tertiary/aromatic N) is 1. The number of amides is 1. The summed E-state index contributed by atoms with van der Waals surface area (Å²) in [6.45, 7) is 0. The molecule has 0 aliphatic rings. The predicted molar refractivity (Wildman–Crippen MR) is 101 cm³/mol. The predicted octanol–water partition coefficient (Wildman–Crippen LogP) is 4.63. The van der Waals surface area contributed by atoms with Crippen molar-refractivity contribution in [1.82, 2.24) is 4.98 Å². The number of carbonyl (C=O) groups is 1. The van der Waals surface area contributed by atoms with E-state index >= 15 is 0 Å². The molecule has 0 fully saturated rings. The number of ether oxygens (including phenoxy) is 1. The third-order valence-electron chi connectivity index (χ3n) is 3.56. The van der Waals surface area contributed by atoms with E-state index in [1.807, 2.05) is 48.5 Å². The fourth-order valence-corrected chi connectivity index (χ4v) is 3.41. The average Bonchev–Trinajstić information content (AvgIpc) is 2.67. The number of nitrogens with one attached hydrogen (secondary N) is 1. The van der Waals surface area contributed by atoms with Gasteiger partial charge >= 0.3 is 0 Å². The zero-order chi connectivity index (χ0) is 17.5. The summed E-state index contributed by atoms with van der Waals surface area (Å²) < 4.78 is 5.43. The Balaban J connectivity index is 1.84. The van der Waals surface area contributed by atoms with Crippen LogP contribution in [0.2, 0.25) is 0 Å². The van der Waals surface area contributed by atoms with Gasteiger partial charge in [-0.05, 0) is 23.8 Å². The zero-order valence-electron chi connectivity index (χ0n) is 13.8. The highest BCUT2D eigenvalue weighted by Gasteiger charge is 2.18. The van der Waals surface area contributed by atoms with E-state index in [-0.39, 0.29) is 5.91 Å². The number of anilines is 1. The van der Waals surface area contributed by atoms with E-state index in [1.54, 1.807) is 31.1 Å². The lowest BCUT2D eigenvalue weighted by Gasteiger charge is -2.13. The molecule has 0 atom stereocenters. The van der Waals surface area contributed by atoms with Crippen LogP contribution in [0.5, 0.6) is 5.75 Å². The number of methoxy groups -OCH3 is 1. The van der Waals surface area contributed by atoms with Crippen molar-refractivity contribution in [2.75, 3.05) is 12.4 Å². The maximum Gasteiger partial charge on any atom is 0.275 e. The van der Waals surface area contributed by atoms with Crippen LogP contribution in [0.3, 0.4) is 0 Å². The average molecular weight is 350 g/mol. The smallest absolute Gasteiger partial charge is 0.275 e. The molecule has 5 heteroatoms. The minimum Gasteiger partial charge on any atom is -0.495 e. The highest BCUT2D eigenvalue weighted by molar-refractivity contribution is 7.98. The number of carbonyl (C=O) groups excluding carboxylic acids is 1. The summed E-state index contributed by atoms with van der Waals surface area (Å²) >= 11 is 1.54. The van der Waals surface area contributed by atoms with Gasteiger partial charge in [-0.25, -0.2) is 4.98 Å². The van der Waals surface area contributed by atoms with Crippen LogP contribution >= 0.6 is 11.8 Å². The lowest BCUT2D eigenvalue weighted by atomic mass is 10.2. The Hall–Kier alpha value is -2.79. The number of para-hydroxylation sites is 1. The summed E-state index contributed by atoms with van der Waals surface area (Å²) in [4.78, 5) is 17.7. The van der Waals surface area contributed by atoms with E-state index in [0.717, 1.165) is 16.3 Å². The molecule has 0 saturated heterocycles. The largest absolute Gasteiger partial charge is 0.495 e. The third-order valence-corrected chi connectivity index (χ3v) is 4.72. The quantitative estimate of drug-likeness (QED) is 0.658. The Morgan fingerprint density at radius 2 is 1.72 bits per heavy atom. The van der Waals surface area contributed by atoms with Crippen LogP contribution < -0.4 is 10.1 Å². The van der Waals surface area contributed by atoms with Crippen LogP contribution in [-0.2, 0) is 5.75 Å². The fourth-order valence-electron chi connectivity index (χ4n) is 2.33. The van der Waals surface area contributed by atoms with Crippen LogP contribution in [0, 0.1) is 0 Å². The van der Waals surface area contributed by atoms with E-state index in [9.17, 15) is 4.79 Å². The first-order valence-corrected chi connectivity index (χ1v) is 8.82. The monoisotopic (exact) mass is 350 g/mol. The number of hydrogen-bond acceptors (Lipinski definition) is 4. The maximum absolute atomic E-state index is 12.7. The lowest BCUT2D eigenvalue weighted by Crippen LogP contribution is -2.15. The molecule has 126 valence electrons. The van der Waals surface area contributed by atoms with E-state index in [1.165, 1.54) is 5.56 Å². The molecule has 3 aromatic rings. The zero-order valence-corrected chi connectivity index (χ0v) is 14.6. The summed E-state index contributed by atoms with van der Waals surface area (Å²) in [5, 5.41) is 2.88. The molecule has 0 saturated carbocycles. The van der Waals surface area contributed by atoms with E-state index in [2.05, 4.69) is 22.4 Å². The number of pyridine rings is 1. The molecule has 0 spiro atoms. The number of hydrogen-bond donors (Lipinski definition) is 1. The van der Waals surface area contributed by atoms with Crippen LogP contribution in [0.1, 0.15) is 16.1 Å². The Labute approximate surface area is 151 Å². The molecule has 0 radical (unpaired) electrons. The van der Waals surface area contributed by atoms with Crippen molar-refractivity contribution in [3.8, 4) is 5.75 Å². The summed E-state index contributed by atoms with van der Waals surface area (Å²) in [7, 11) is 1.60. The standard InChI is InChI=1S/C20H18N2O2S/c1-24-17-12-13-21-18(20(23)22-16-10-6-3-7-11-16)19(17)25-14-15-8-4-2-5-9-15/h2-13H,14H2,1H3,(H,22,23). The second-order valence-corrected chi connectivity index (χ2v) is 6.27. The van der Waals surface area contributed by atoms with Crippen LogP contribution in [0.25, 0.3) is 0 Å². The van der Waals surface area contributed by atoms with Crippen molar-refractivity contribution in [3.05, 3.63) is 84.2 Å². The Morgan fingerprint density at radius 1 is 1.04 bits per heavy atom.